The zero-order chi connectivity index (χ0) is 16.6. The average molecular weight is 315 g/mol. The van der Waals surface area contributed by atoms with Crippen LogP contribution in [0.4, 0.5) is 0 Å². The van der Waals surface area contributed by atoms with E-state index < -0.39 is 0 Å². The molecule has 0 aromatic carbocycles. The van der Waals surface area contributed by atoms with Crippen LogP contribution in [0.3, 0.4) is 0 Å². The summed E-state index contributed by atoms with van der Waals surface area (Å²) in [7, 11) is 0. The fourth-order valence-corrected chi connectivity index (χ4v) is 3.15. The quantitative estimate of drug-likeness (QED) is 0.943. The van der Waals surface area contributed by atoms with Crippen LogP contribution in [0.15, 0.2) is 12.4 Å². The van der Waals surface area contributed by atoms with E-state index in [1.54, 1.807) is 12.4 Å². The largest absolute Gasteiger partial charge is 0.343 e. The van der Waals surface area contributed by atoms with Crippen molar-refractivity contribution in [1.82, 2.24) is 24.6 Å². The molecule has 23 heavy (non-hydrogen) atoms. The molecule has 1 N–H and O–H groups in total. The van der Waals surface area contributed by atoms with Crippen molar-refractivity contribution in [3.8, 4) is 11.5 Å². The van der Waals surface area contributed by atoms with E-state index in [4.69, 9.17) is 5.10 Å². The van der Waals surface area contributed by atoms with E-state index in [1.807, 2.05) is 4.90 Å². The lowest BCUT2D eigenvalue weighted by molar-refractivity contribution is -0.132. The molecule has 1 aliphatic rings. The standard InChI is InChI=1S/C17H25N5O/c1-11(2)9-15(23)21-8-5-14-13(10-21)16(17-18-6-7-19-17)20-22(14)12(3)4/h6-7,11-12H,5,8-10H2,1-4H3,(H,18,19). The molecule has 0 spiro atoms. The van der Waals surface area contributed by atoms with E-state index in [2.05, 4.69) is 42.3 Å². The van der Waals surface area contributed by atoms with Gasteiger partial charge in [-0.2, -0.15) is 5.10 Å². The van der Waals surface area contributed by atoms with Crippen molar-refractivity contribution in [2.24, 2.45) is 5.92 Å². The van der Waals surface area contributed by atoms with Gasteiger partial charge in [0.15, 0.2) is 5.82 Å². The highest BCUT2D eigenvalue weighted by atomic mass is 16.2. The molecule has 2 aromatic heterocycles. The second kappa shape index (κ2) is 6.18. The molecule has 6 nitrogen and oxygen atoms in total. The predicted octanol–water partition coefficient (Wildman–Crippen LogP) is 2.78. The third-order valence-corrected chi connectivity index (χ3v) is 4.23. The zero-order valence-electron chi connectivity index (χ0n) is 14.3. The Bertz CT molecular complexity index is 684. The summed E-state index contributed by atoms with van der Waals surface area (Å²) in [5.41, 5.74) is 3.25. The van der Waals surface area contributed by atoms with E-state index in [0.717, 1.165) is 30.0 Å². The number of aromatic nitrogens is 4. The third kappa shape index (κ3) is 3.02. The molecule has 0 radical (unpaired) electrons. The van der Waals surface area contributed by atoms with E-state index in [9.17, 15) is 4.79 Å². The van der Waals surface area contributed by atoms with Gasteiger partial charge in [-0.3, -0.25) is 9.48 Å². The van der Waals surface area contributed by atoms with E-state index >= 15 is 0 Å². The molecular weight excluding hydrogens is 290 g/mol. The van der Waals surface area contributed by atoms with Gasteiger partial charge in [-0.25, -0.2) is 4.98 Å². The fourth-order valence-electron chi connectivity index (χ4n) is 3.15. The molecule has 124 valence electrons. The molecule has 0 saturated heterocycles. The lowest BCUT2D eigenvalue weighted by Gasteiger charge is -2.29. The molecule has 0 fully saturated rings. The van der Waals surface area contributed by atoms with Crippen LogP contribution in [-0.4, -0.2) is 37.1 Å². The van der Waals surface area contributed by atoms with Gasteiger partial charge in [-0.05, 0) is 19.8 Å². The molecule has 2 aromatic rings. The van der Waals surface area contributed by atoms with Crippen molar-refractivity contribution in [3.63, 3.8) is 0 Å². The van der Waals surface area contributed by atoms with Gasteiger partial charge < -0.3 is 9.88 Å². The minimum Gasteiger partial charge on any atom is -0.343 e. The van der Waals surface area contributed by atoms with Gasteiger partial charge in [0.25, 0.3) is 0 Å². The Hall–Kier alpha value is -2.11. The maximum absolute atomic E-state index is 12.4. The summed E-state index contributed by atoms with van der Waals surface area (Å²) < 4.78 is 2.08. The number of aromatic amines is 1. The smallest absolute Gasteiger partial charge is 0.223 e. The monoisotopic (exact) mass is 315 g/mol. The first kappa shape index (κ1) is 15.8. The maximum Gasteiger partial charge on any atom is 0.223 e. The number of carbonyl (C=O) groups is 1. The Morgan fingerprint density at radius 2 is 2.13 bits per heavy atom. The summed E-state index contributed by atoms with van der Waals surface area (Å²) in [5.74, 6) is 1.39. The molecule has 0 atom stereocenters. The van der Waals surface area contributed by atoms with Crippen molar-refractivity contribution in [3.05, 3.63) is 23.7 Å². The molecule has 0 aliphatic carbocycles. The highest BCUT2D eigenvalue weighted by Gasteiger charge is 2.29. The number of hydrogen-bond acceptors (Lipinski definition) is 3. The molecule has 1 amide bonds. The minimum atomic E-state index is 0.230. The number of amides is 1. The number of imidazole rings is 1. The summed E-state index contributed by atoms with van der Waals surface area (Å²) in [4.78, 5) is 21.9. The highest BCUT2D eigenvalue weighted by Crippen LogP contribution is 2.30. The Morgan fingerprint density at radius 3 is 2.74 bits per heavy atom. The number of H-pyrrole nitrogens is 1. The third-order valence-electron chi connectivity index (χ3n) is 4.23. The Kier molecular flexibility index (Phi) is 4.24. The van der Waals surface area contributed by atoms with Gasteiger partial charge in [0, 0.05) is 55.6 Å². The topological polar surface area (TPSA) is 66.8 Å². The number of rotatable bonds is 4. The summed E-state index contributed by atoms with van der Waals surface area (Å²) in [6.45, 7) is 9.83. The summed E-state index contributed by atoms with van der Waals surface area (Å²) in [6, 6.07) is 0.297. The van der Waals surface area contributed by atoms with Crippen molar-refractivity contribution < 1.29 is 4.79 Å². The minimum absolute atomic E-state index is 0.230. The molecule has 0 bridgehead atoms. The van der Waals surface area contributed by atoms with Crippen LogP contribution >= 0.6 is 0 Å². The SMILES string of the molecule is CC(C)CC(=O)N1CCc2c(c(-c3ncc[nH]3)nn2C(C)C)C1. The van der Waals surface area contributed by atoms with Gasteiger partial charge in [-0.15, -0.1) is 0 Å². The van der Waals surface area contributed by atoms with Gasteiger partial charge >= 0.3 is 0 Å². The van der Waals surface area contributed by atoms with Crippen LogP contribution in [0.5, 0.6) is 0 Å². The Morgan fingerprint density at radius 1 is 1.35 bits per heavy atom. The molecule has 3 rings (SSSR count). The van der Waals surface area contributed by atoms with Gasteiger partial charge in [0.2, 0.25) is 5.91 Å². The van der Waals surface area contributed by atoms with Crippen LogP contribution in [0.1, 0.15) is 51.4 Å². The van der Waals surface area contributed by atoms with Crippen LogP contribution in [0.25, 0.3) is 11.5 Å². The summed E-state index contributed by atoms with van der Waals surface area (Å²) in [5, 5.41) is 4.77. The number of fused-ring (bicyclic) bond motifs is 1. The number of nitrogens with zero attached hydrogens (tertiary/aromatic N) is 4. The molecule has 0 saturated carbocycles. The number of carbonyl (C=O) groups excluding carboxylic acids is 1. The van der Waals surface area contributed by atoms with E-state index in [-0.39, 0.29) is 5.91 Å². The molecule has 0 unspecified atom stereocenters. The molecule has 3 heterocycles. The zero-order valence-corrected chi connectivity index (χ0v) is 14.3. The van der Waals surface area contributed by atoms with Crippen molar-refractivity contribution in [1.29, 1.82) is 0 Å². The van der Waals surface area contributed by atoms with Gasteiger partial charge in [0.1, 0.15) is 5.69 Å². The lowest BCUT2D eigenvalue weighted by atomic mass is 10.0. The fraction of sp³-hybridized carbons (Fsp3) is 0.588. The summed E-state index contributed by atoms with van der Waals surface area (Å²) in [6.07, 6.45) is 5.00. The first-order valence-corrected chi connectivity index (χ1v) is 8.35. The van der Waals surface area contributed by atoms with Crippen LogP contribution in [-0.2, 0) is 17.8 Å². The van der Waals surface area contributed by atoms with E-state index in [1.165, 1.54) is 5.69 Å². The van der Waals surface area contributed by atoms with Crippen molar-refractivity contribution >= 4 is 5.91 Å². The van der Waals surface area contributed by atoms with Crippen LogP contribution < -0.4 is 0 Å². The Labute approximate surface area is 136 Å². The second-order valence-electron chi connectivity index (χ2n) is 6.91. The number of hydrogen-bond donors (Lipinski definition) is 1. The highest BCUT2D eigenvalue weighted by molar-refractivity contribution is 5.77. The normalized spacial score (nSPS) is 14.6. The van der Waals surface area contributed by atoms with Crippen molar-refractivity contribution in [2.75, 3.05) is 6.54 Å². The summed E-state index contributed by atoms with van der Waals surface area (Å²) >= 11 is 0. The van der Waals surface area contributed by atoms with Crippen molar-refractivity contribution in [2.45, 2.75) is 53.1 Å². The molecular formula is C17H25N5O. The van der Waals surface area contributed by atoms with E-state index in [0.29, 0.717) is 24.9 Å². The van der Waals surface area contributed by atoms with Gasteiger partial charge in [0.05, 0.1) is 0 Å². The molecule has 6 heteroatoms. The van der Waals surface area contributed by atoms with Crippen LogP contribution in [0, 0.1) is 5.92 Å². The second-order valence-corrected chi connectivity index (χ2v) is 6.91. The first-order valence-electron chi connectivity index (χ1n) is 8.35. The number of nitrogens with one attached hydrogen (secondary N) is 1. The maximum atomic E-state index is 12.4. The lowest BCUT2D eigenvalue weighted by Crippen LogP contribution is -2.37. The first-order chi connectivity index (χ1) is 11.0. The predicted molar refractivity (Wildman–Crippen MR) is 88.8 cm³/mol. The molecule has 1 aliphatic heterocycles. The average Bonchev–Trinajstić information content (AvgIpc) is 3.12. The van der Waals surface area contributed by atoms with Gasteiger partial charge in [-0.1, -0.05) is 13.8 Å². The van der Waals surface area contributed by atoms with Crippen LogP contribution in [0.2, 0.25) is 0 Å². The Balaban J connectivity index is 1.95.